The molecule has 0 saturated carbocycles. The first-order valence-corrected chi connectivity index (χ1v) is 10.4. The van der Waals surface area contributed by atoms with E-state index in [1.807, 2.05) is 29.2 Å². The van der Waals surface area contributed by atoms with Crippen molar-refractivity contribution >= 4 is 46.3 Å². The lowest BCUT2D eigenvalue weighted by atomic mass is 9.71. The Balaban J connectivity index is 1.80. The second-order valence-electron chi connectivity index (χ2n) is 7.40. The zero-order chi connectivity index (χ0) is 19.8. The van der Waals surface area contributed by atoms with Crippen molar-refractivity contribution in [2.75, 3.05) is 13.1 Å². The molecule has 0 unspecified atom stereocenters. The Hall–Kier alpha value is -1.74. The molecule has 5 heteroatoms. The zero-order valence-electron chi connectivity index (χ0n) is 15.2. The third kappa shape index (κ3) is 3.61. The fourth-order valence-corrected chi connectivity index (χ4v) is 5.04. The van der Waals surface area contributed by atoms with Crippen molar-refractivity contribution in [2.24, 2.45) is 11.8 Å². The molecule has 2 nitrogen and oxygen atoms in total. The van der Waals surface area contributed by atoms with Gasteiger partial charge in [0.1, 0.15) is 0 Å². The molecular weight excluding hydrogens is 413 g/mol. The van der Waals surface area contributed by atoms with Crippen molar-refractivity contribution < 1.29 is 4.79 Å². The molecule has 0 aromatic heterocycles. The molecule has 0 radical (unpaired) electrons. The van der Waals surface area contributed by atoms with Crippen LogP contribution < -0.4 is 0 Å². The lowest BCUT2D eigenvalue weighted by Gasteiger charge is -2.31. The topological polar surface area (TPSA) is 20.3 Å². The molecule has 1 amide bonds. The van der Waals surface area contributed by atoms with Crippen LogP contribution in [0.1, 0.15) is 23.5 Å². The summed E-state index contributed by atoms with van der Waals surface area (Å²) in [5.74, 6) is 0.476. The summed E-state index contributed by atoms with van der Waals surface area (Å²) in [5, 5.41) is 1.91. The fourth-order valence-electron chi connectivity index (χ4n) is 4.40. The molecule has 0 bridgehead atoms. The van der Waals surface area contributed by atoms with E-state index in [0.29, 0.717) is 21.6 Å². The molecule has 1 aliphatic heterocycles. The van der Waals surface area contributed by atoms with Gasteiger partial charge in [-0.3, -0.25) is 4.79 Å². The van der Waals surface area contributed by atoms with Crippen LogP contribution in [0.4, 0.5) is 0 Å². The number of carbonyl (C=O) groups is 1. The Morgan fingerprint density at radius 2 is 1.79 bits per heavy atom. The monoisotopic (exact) mass is 431 g/mol. The third-order valence-electron chi connectivity index (χ3n) is 5.70. The van der Waals surface area contributed by atoms with Gasteiger partial charge in [-0.05, 0) is 53.3 Å². The number of allylic oxidation sites excluding steroid dienone is 1. The first kappa shape index (κ1) is 19.6. The smallest absolute Gasteiger partial charge is 0.230 e. The van der Waals surface area contributed by atoms with Gasteiger partial charge < -0.3 is 4.90 Å². The van der Waals surface area contributed by atoms with Crippen molar-refractivity contribution in [1.82, 2.24) is 4.90 Å². The Morgan fingerprint density at radius 3 is 2.46 bits per heavy atom. The maximum atomic E-state index is 12.9. The van der Waals surface area contributed by atoms with Crippen molar-refractivity contribution in [3.8, 4) is 0 Å². The van der Waals surface area contributed by atoms with E-state index in [-0.39, 0.29) is 23.7 Å². The van der Waals surface area contributed by atoms with Gasteiger partial charge in [-0.2, -0.15) is 0 Å². The molecule has 2 aromatic carbocycles. The van der Waals surface area contributed by atoms with E-state index >= 15 is 0 Å². The molecule has 2 aliphatic rings. The number of hydrogen-bond acceptors (Lipinski definition) is 1. The second-order valence-corrected chi connectivity index (χ2v) is 8.68. The second kappa shape index (κ2) is 7.94. The molecule has 1 aliphatic carbocycles. The van der Waals surface area contributed by atoms with Crippen LogP contribution in [0.15, 0.2) is 61.2 Å². The first-order valence-electron chi connectivity index (χ1n) is 9.30. The van der Waals surface area contributed by atoms with E-state index in [1.165, 1.54) is 5.56 Å². The summed E-state index contributed by atoms with van der Waals surface area (Å²) in [4.78, 5) is 14.8. The minimum atomic E-state index is -0.120. The van der Waals surface area contributed by atoms with E-state index in [0.717, 1.165) is 24.1 Å². The van der Waals surface area contributed by atoms with E-state index in [9.17, 15) is 4.79 Å². The predicted octanol–water partition coefficient (Wildman–Crippen LogP) is 6.48. The van der Waals surface area contributed by atoms with Gasteiger partial charge in [0, 0.05) is 34.1 Å². The summed E-state index contributed by atoms with van der Waals surface area (Å²) in [7, 11) is 0. The zero-order valence-corrected chi connectivity index (χ0v) is 17.5. The summed E-state index contributed by atoms with van der Waals surface area (Å²) >= 11 is 18.7. The van der Waals surface area contributed by atoms with Gasteiger partial charge in [0.2, 0.25) is 5.91 Å². The summed E-state index contributed by atoms with van der Waals surface area (Å²) in [6, 6.07) is 13.5. The fraction of sp³-hybridized carbons (Fsp3) is 0.261. The van der Waals surface area contributed by atoms with Crippen LogP contribution in [0, 0.1) is 11.8 Å². The number of fused-ring (bicyclic) bond motifs is 1. The van der Waals surface area contributed by atoms with E-state index < -0.39 is 0 Å². The minimum absolute atomic E-state index is 0.120. The van der Waals surface area contributed by atoms with E-state index in [4.69, 9.17) is 34.8 Å². The number of nitrogens with zero attached hydrogens (tertiary/aromatic N) is 1. The quantitative estimate of drug-likeness (QED) is 0.506. The van der Waals surface area contributed by atoms with E-state index in [2.05, 4.69) is 24.8 Å². The van der Waals surface area contributed by atoms with Crippen molar-refractivity contribution in [3.63, 3.8) is 0 Å². The minimum Gasteiger partial charge on any atom is -0.338 e. The van der Waals surface area contributed by atoms with Crippen LogP contribution in [0.2, 0.25) is 15.1 Å². The Morgan fingerprint density at radius 1 is 1.07 bits per heavy atom. The van der Waals surface area contributed by atoms with Crippen molar-refractivity contribution in [2.45, 2.75) is 12.3 Å². The van der Waals surface area contributed by atoms with Gasteiger partial charge in [0.05, 0.1) is 5.92 Å². The summed E-state index contributed by atoms with van der Waals surface area (Å²) < 4.78 is 0. The number of amides is 1. The number of carbonyl (C=O) groups excluding carboxylic acids is 1. The van der Waals surface area contributed by atoms with Gasteiger partial charge >= 0.3 is 0 Å². The highest BCUT2D eigenvalue weighted by molar-refractivity contribution is 6.35. The third-order valence-corrected chi connectivity index (χ3v) is 6.50. The van der Waals surface area contributed by atoms with Gasteiger partial charge in [0.15, 0.2) is 0 Å². The average molecular weight is 433 g/mol. The average Bonchev–Trinajstić information content (AvgIpc) is 2.97. The molecule has 1 heterocycles. The van der Waals surface area contributed by atoms with Gasteiger partial charge in [-0.15, -0.1) is 6.58 Å². The Bertz CT molecular complexity index is 951. The molecule has 0 N–H and O–H groups in total. The van der Waals surface area contributed by atoms with Crippen molar-refractivity contribution in [1.29, 1.82) is 0 Å². The van der Waals surface area contributed by atoms with Crippen LogP contribution >= 0.6 is 34.8 Å². The van der Waals surface area contributed by atoms with Crippen LogP contribution in [0.3, 0.4) is 0 Å². The largest absolute Gasteiger partial charge is 0.338 e. The van der Waals surface area contributed by atoms with Crippen LogP contribution in [-0.2, 0) is 4.79 Å². The number of likely N-dealkylation sites (tertiary alicyclic amines) is 1. The molecule has 2 aromatic rings. The summed E-state index contributed by atoms with van der Waals surface area (Å²) in [5.41, 5.74) is 3.19. The number of halogens is 3. The lowest BCUT2D eigenvalue weighted by molar-refractivity contribution is -0.129. The SMILES string of the molecule is C=CCN1C[C@H]2C[C@H](c3ccc(Cl)cc3)C(c3ccc(Cl)cc3Cl)=C[C@H]2C1=O. The van der Waals surface area contributed by atoms with Gasteiger partial charge in [-0.1, -0.05) is 65.2 Å². The molecular formula is C23H20Cl3NO. The standard InChI is InChI=1S/C23H20Cl3NO/c1-2-9-27-13-15-10-19(14-3-5-16(24)6-4-14)21(12-20(15)23(27)28)18-8-7-17(25)11-22(18)26/h2-8,11-12,15,19-20H,1,9-10,13H2/t15-,19-,20-/m1/s1. The number of hydrogen-bond donors (Lipinski definition) is 0. The summed E-state index contributed by atoms with van der Waals surface area (Å²) in [6.45, 7) is 5.12. The van der Waals surface area contributed by atoms with E-state index in [1.54, 1.807) is 12.1 Å². The molecule has 0 spiro atoms. The van der Waals surface area contributed by atoms with Crippen molar-refractivity contribution in [3.05, 3.63) is 87.4 Å². The first-order chi connectivity index (χ1) is 13.5. The molecule has 1 saturated heterocycles. The maximum Gasteiger partial charge on any atom is 0.230 e. The molecule has 4 rings (SSSR count). The number of benzene rings is 2. The van der Waals surface area contributed by atoms with Crippen LogP contribution in [0.5, 0.6) is 0 Å². The van der Waals surface area contributed by atoms with Crippen LogP contribution in [-0.4, -0.2) is 23.9 Å². The lowest BCUT2D eigenvalue weighted by Crippen LogP contribution is -2.27. The highest BCUT2D eigenvalue weighted by Gasteiger charge is 2.43. The summed E-state index contributed by atoms with van der Waals surface area (Å²) in [6.07, 6.45) is 4.79. The molecule has 3 atom stereocenters. The van der Waals surface area contributed by atoms with Gasteiger partial charge in [0.25, 0.3) is 0 Å². The molecule has 28 heavy (non-hydrogen) atoms. The predicted molar refractivity (Wildman–Crippen MR) is 117 cm³/mol. The molecule has 144 valence electrons. The number of rotatable bonds is 4. The normalized spacial score (nSPS) is 24.1. The highest BCUT2D eigenvalue weighted by Crippen LogP contribution is 2.48. The Labute approximate surface area is 180 Å². The van der Waals surface area contributed by atoms with Gasteiger partial charge in [-0.25, -0.2) is 0 Å². The Kier molecular flexibility index (Phi) is 5.55. The molecule has 1 fully saturated rings. The highest BCUT2D eigenvalue weighted by atomic mass is 35.5. The maximum absolute atomic E-state index is 12.9. The van der Waals surface area contributed by atoms with Crippen LogP contribution in [0.25, 0.3) is 5.57 Å².